The van der Waals surface area contributed by atoms with E-state index in [4.69, 9.17) is 4.74 Å². The number of ether oxygens (including phenoxy) is 1. The monoisotopic (exact) mass is 397 g/mol. The molecule has 0 aliphatic carbocycles. The Hall–Kier alpha value is -3.14. The molecular formula is C19H20FN7O2. The van der Waals surface area contributed by atoms with Crippen molar-refractivity contribution < 1.29 is 14.2 Å². The predicted molar refractivity (Wildman–Crippen MR) is 100 cm³/mol. The van der Waals surface area contributed by atoms with Crippen LogP contribution in [0.15, 0.2) is 36.8 Å². The quantitative estimate of drug-likeness (QED) is 0.684. The van der Waals surface area contributed by atoms with E-state index in [1.165, 1.54) is 10.9 Å². The zero-order valence-electron chi connectivity index (χ0n) is 15.7. The molecule has 2 aromatic heterocycles. The SMILES string of the molecule is CC1CC2NC1C[C@H](Oc1ncc(-c3ccc(-n4ccnn4)cc3O)nn1)[C@H]2F. The van der Waals surface area contributed by atoms with Crippen LogP contribution in [0, 0.1) is 5.92 Å². The van der Waals surface area contributed by atoms with Crippen molar-refractivity contribution >= 4 is 0 Å². The normalized spacial score (nSPS) is 28.4. The molecule has 9 nitrogen and oxygen atoms in total. The first-order valence-corrected chi connectivity index (χ1v) is 9.55. The van der Waals surface area contributed by atoms with Crippen LogP contribution >= 0.6 is 0 Å². The molecule has 2 aliphatic rings. The number of phenolic OH excluding ortho intramolecular Hbond substituents is 1. The van der Waals surface area contributed by atoms with Crippen LogP contribution < -0.4 is 10.1 Å². The Morgan fingerprint density at radius 3 is 2.86 bits per heavy atom. The van der Waals surface area contributed by atoms with Gasteiger partial charge in [0, 0.05) is 30.1 Å². The maximum absolute atomic E-state index is 14.6. The molecule has 0 spiro atoms. The molecule has 0 amide bonds. The van der Waals surface area contributed by atoms with Gasteiger partial charge in [0.05, 0.1) is 24.3 Å². The molecule has 2 N–H and O–H groups in total. The molecule has 2 saturated heterocycles. The summed E-state index contributed by atoms with van der Waals surface area (Å²) in [7, 11) is 0. The summed E-state index contributed by atoms with van der Waals surface area (Å²) in [5.41, 5.74) is 1.52. The molecule has 29 heavy (non-hydrogen) atoms. The van der Waals surface area contributed by atoms with Gasteiger partial charge in [-0.1, -0.05) is 17.2 Å². The van der Waals surface area contributed by atoms with E-state index in [1.54, 1.807) is 30.6 Å². The zero-order valence-corrected chi connectivity index (χ0v) is 15.7. The molecule has 0 saturated carbocycles. The largest absolute Gasteiger partial charge is 0.507 e. The molecule has 3 aromatic rings. The van der Waals surface area contributed by atoms with Crippen molar-refractivity contribution in [3.8, 4) is 28.7 Å². The van der Waals surface area contributed by atoms with Crippen LogP contribution in [0.5, 0.6) is 11.8 Å². The number of piperidine rings is 1. The number of nitrogens with one attached hydrogen (secondary N) is 1. The van der Waals surface area contributed by atoms with Gasteiger partial charge in [0.25, 0.3) is 0 Å². The minimum absolute atomic E-state index is 0.00973. The van der Waals surface area contributed by atoms with E-state index in [2.05, 4.69) is 37.7 Å². The van der Waals surface area contributed by atoms with Gasteiger partial charge >= 0.3 is 6.01 Å². The average Bonchev–Trinajstić information content (AvgIpc) is 3.36. The fourth-order valence-electron chi connectivity index (χ4n) is 4.15. The number of alkyl halides is 1. The molecule has 5 rings (SSSR count). The second-order valence-corrected chi connectivity index (χ2v) is 7.60. The van der Waals surface area contributed by atoms with Crippen LogP contribution in [-0.4, -0.2) is 59.6 Å². The summed E-state index contributed by atoms with van der Waals surface area (Å²) in [4.78, 5) is 4.16. The average molecular weight is 397 g/mol. The first kappa shape index (κ1) is 17.9. The summed E-state index contributed by atoms with van der Waals surface area (Å²) in [6, 6.07) is 5.13. The van der Waals surface area contributed by atoms with E-state index in [1.807, 2.05) is 0 Å². The van der Waals surface area contributed by atoms with E-state index in [0.717, 1.165) is 6.42 Å². The number of halogens is 1. The number of nitrogens with zero attached hydrogens (tertiary/aromatic N) is 6. The second kappa shape index (κ2) is 7.03. The topological polar surface area (TPSA) is 111 Å². The lowest BCUT2D eigenvalue weighted by molar-refractivity contribution is 0.0375. The number of aromatic hydroxyl groups is 1. The number of aromatic nitrogens is 6. The lowest BCUT2D eigenvalue weighted by atomic mass is 9.98. The molecule has 3 unspecified atom stereocenters. The molecule has 5 atom stereocenters. The lowest BCUT2D eigenvalue weighted by Crippen LogP contribution is -2.52. The number of fused-ring (bicyclic) bond motifs is 2. The van der Waals surface area contributed by atoms with Gasteiger partial charge in [0.15, 0.2) is 6.17 Å². The van der Waals surface area contributed by atoms with E-state index in [9.17, 15) is 9.50 Å². The van der Waals surface area contributed by atoms with Crippen molar-refractivity contribution in [3.63, 3.8) is 0 Å². The van der Waals surface area contributed by atoms with E-state index >= 15 is 0 Å². The second-order valence-electron chi connectivity index (χ2n) is 7.60. The van der Waals surface area contributed by atoms with Gasteiger partial charge in [-0.25, -0.2) is 14.1 Å². The standard InChI is InChI=1S/C19H20FN7O2/c1-10-6-14-18(20)17(8-13(10)23-14)29-19-21-9-15(24-25-19)12-3-2-11(7-16(12)28)27-5-4-22-26-27/h2-5,7,9-10,13-14,17-18,23,28H,6,8H2,1H3/t10?,13?,14?,17-,18-/m0/s1. The van der Waals surface area contributed by atoms with E-state index in [0.29, 0.717) is 29.3 Å². The smallest absolute Gasteiger partial charge is 0.336 e. The highest BCUT2D eigenvalue weighted by Gasteiger charge is 2.46. The number of rotatable bonds is 4. The molecule has 150 valence electrons. The fourth-order valence-corrected chi connectivity index (χ4v) is 4.15. The van der Waals surface area contributed by atoms with Gasteiger partial charge in [0.2, 0.25) is 0 Å². The van der Waals surface area contributed by atoms with Crippen molar-refractivity contribution in [2.24, 2.45) is 5.92 Å². The first-order valence-electron chi connectivity index (χ1n) is 9.55. The molecule has 2 aliphatic heterocycles. The highest BCUT2D eigenvalue weighted by Crippen LogP contribution is 2.35. The summed E-state index contributed by atoms with van der Waals surface area (Å²) in [6.07, 6.45) is 4.38. The third-order valence-corrected chi connectivity index (χ3v) is 5.71. The minimum Gasteiger partial charge on any atom is -0.507 e. The van der Waals surface area contributed by atoms with Crippen LogP contribution in [0.3, 0.4) is 0 Å². The van der Waals surface area contributed by atoms with Gasteiger partial charge in [-0.2, -0.15) is 0 Å². The van der Waals surface area contributed by atoms with Gasteiger partial charge in [-0.15, -0.1) is 10.2 Å². The number of benzene rings is 1. The third kappa shape index (κ3) is 3.29. The Kier molecular flexibility index (Phi) is 4.35. The minimum atomic E-state index is -1.10. The molecule has 1 aromatic carbocycles. The third-order valence-electron chi connectivity index (χ3n) is 5.71. The number of phenols is 1. The van der Waals surface area contributed by atoms with Crippen molar-refractivity contribution in [2.75, 3.05) is 0 Å². The number of hydrogen-bond acceptors (Lipinski definition) is 8. The summed E-state index contributed by atoms with van der Waals surface area (Å²) in [5.74, 6) is 0.437. The maximum Gasteiger partial charge on any atom is 0.336 e. The molecule has 0 radical (unpaired) electrons. The highest BCUT2D eigenvalue weighted by molar-refractivity contribution is 5.67. The van der Waals surface area contributed by atoms with Crippen LogP contribution in [0.1, 0.15) is 19.8 Å². The molecular weight excluding hydrogens is 377 g/mol. The Balaban J connectivity index is 1.32. The summed E-state index contributed by atoms with van der Waals surface area (Å²) >= 11 is 0. The fraction of sp³-hybridized carbons (Fsp3) is 0.421. The summed E-state index contributed by atoms with van der Waals surface area (Å²) in [5, 5.41) is 29.4. The van der Waals surface area contributed by atoms with Crippen molar-refractivity contribution in [2.45, 2.75) is 44.1 Å². The summed E-state index contributed by atoms with van der Waals surface area (Å²) < 4.78 is 21.9. The van der Waals surface area contributed by atoms with Crippen LogP contribution in [0.4, 0.5) is 4.39 Å². The van der Waals surface area contributed by atoms with Crippen molar-refractivity contribution in [1.29, 1.82) is 0 Å². The molecule has 4 heterocycles. The summed E-state index contributed by atoms with van der Waals surface area (Å²) in [6.45, 7) is 2.13. The van der Waals surface area contributed by atoms with E-state index in [-0.39, 0.29) is 23.8 Å². The predicted octanol–water partition coefficient (Wildman–Crippen LogP) is 1.68. The number of hydrogen-bond donors (Lipinski definition) is 2. The van der Waals surface area contributed by atoms with Crippen LogP contribution in [-0.2, 0) is 0 Å². The van der Waals surface area contributed by atoms with Crippen molar-refractivity contribution in [1.82, 2.24) is 35.5 Å². The van der Waals surface area contributed by atoms with E-state index < -0.39 is 12.3 Å². The van der Waals surface area contributed by atoms with Gasteiger partial charge in [0.1, 0.15) is 17.5 Å². The lowest BCUT2D eigenvalue weighted by Gasteiger charge is -2.32. The zero-order chi connectivity index (χ0) is 20.0. The highest BCUT2D eigenvalue weighted by atomic mass is 19.1. The Bertz CT molecular complexity index is 996. The maximum atomic E-state index is 14.6. The molecule has 2 bridgehead atoms. The Morgan fingerprint density at radius 1 is 1.24 bits per heavy atom. The Morgan fingerprint density at radius 2 is 2.14 bits per heavy atom. The van der Waals surface area contributed by atoms with Crippen LogP contribution in [0.2, 0.25) is 0 Å². The van der Waals surface area contributed by atoms with Gasteiger partial charge in [-0.05, 0) is 24.5 Å². The van der Waals surface area contributed by atoms with Gasteiger partial charge in [-0.3, -0.25) is 0 Å². The molecule has 10 heteroatoms. The van der Waals surface area contributed by atoms with Gasteiger partial charge < -0.3 is 15.2 Å². The van der Waals surface area contributed by atoms with Crippen molar-refractivity contribution in [3.05, 3.63) is 36.8 Å². The molecule has 2 fully saturated rings. The Labute approximate surface area is 165 Å². The van der Waals surface area contributed by atoms with Crippen LogP contribution in [0.25, 0.3) is 16.9 Å². The first-order chi connectivity index (χ1) is 14.1.